The van der Waals surface area contributed by atoms with E-state index < -0.39 is 0 Å². The smallest absolute Gasteiger partial charge is 0.222 e. The zero-order valence-corrected chi connectivity index (χ0v) is 16.9. The van der Waals surface area contributed by atoms with Crippen LogP contribution in [-0.2, 0) is 4.79 Å². The molecule has 4 heteroatoms. The maximum absolute atomic E-state index is 12.4. The maximum atomic E-state index is 12.4. The minimum absolute atomic E-state index is 0.278. The number of amides is 1. The summed E-state index contributed by atoms with van der Waals surface area (Å²) in [6.45, 7) is 21.3. The van der Waals surface area contributed by atoms with Gasteiger partial charge in [-0.2, -0.15) is 0 Å². The fourth-order valence-electron chi connectivity index (χ4n) is 3.77. The summed E-state index contributed by atoms with van der Waals surface area (Å²) >= 11 is 0. The number of rotatable bonds is 4. The lowest BCUT2D eigenvalue weighted by Gasteiger charge is -2.43. The third kappa shape index (κ3) is 6.03. The van der Waals surface area contributed by atoms with Crippen LogP contribution >= 0.6 is 0 Å². The van der Waals surface area contributed by atoms with E-state index in [2.05, 4.69) is 56.2 Å². The van der Waals surface area contributed by atoms with Crippen molar-refractivity contribution in [2.45, 2.75) is 66.3 Å². The van der Waals surface area contributed by atoms with Gasteiger partial charge in [0.2, 0.25) is 5.91 Å². The average Bonchev–Trinajstić information content (AvgIpc) is 2.45. The van der Waals surface area contributed by atoms with Crippen molar-refractivity contribution >= 4 is 5.91 Å². The molecule has 2 saturated heterocycles. The minimum atomic E-state index is 0.278. The molecule has 24 heavy (non-hydrogen) atoms. The lowest BCUT2D eigenvalue weighted by Crippen LogP contribution is -2.54. The third-order valence-electron chi connectivity index (χ3n) is 5.59. The molecule has 2 aliphatic heterocycles. The first-order chi connectivity index (χ1) is 11.0. The second-order valence-corrected chi connectivity index (χ2v) is 10.0. The second kappa shape index (κ2) is 7.74. The van der Waals surface area contributed by atoms with Crippen LogP contribution < -0.4 is 0 Å². The first-order valence-corrected chi connectivity index (χ1v) is 9.80. The summed E-state index contributed by atoms with van der Waals surface area (Å²) in [4.78, 5) is 19.7. The molecule has 0 aromatic rings. The van der Waals surface area contributed by atoms with Crippen LogP contribution in [0.1, 0.15) is 60.8 Å². The molecule has 2 fully saturated rings. The average molecular weight is 338 g/mol. The molecule has 0 aliphatic carbocycles. The lowest BCUT2D eigenvalue weighted by atomic mass is 9.90. The molecule has 1 unspecified atom stereocenters. The zero-order valence-electron chi connectivity index (χ0n) is 16.9. The Labute approximate surface area is 149 Å². The number of likely N-dealkylation sites (tertiary alicyclic amines) is 1. The number of piperazine rings is 1. The highest BCUT2D eigenvalue weighted by Crippen LogP contribution is 2.24. The number of hydrogen-bond acceptors (Lipinski definition) is 3. The molecule has 0 aromatic heterocycles. The predicted octanol–water partition coefficient (Wildman–Crippen LogP) is 3.08. The minimum Gasteiger partial charge on any atom is -0.343 e. The van der Waals surface area contributed by atoms with Crippen molar-refractivity contribution in [2.75, 3.05) is 45.8 Å². The molecule has 2 aliphatic rings. The van der Waals surface area contributed by atoms with Crippen LogP contribution in [0.25, 0.3) is 0 Å². The topological polar surface area (TPSA) is 26.8 Å². The SMILES string of the molecule is CC(C)(C)CCN1CCC(CN2CCN(C(C)(C)C)CC2)CC1=O. The molecule has 0 bridgehead atoms. The Bertz CT molecular complexity index is 414. The van der Waals surface area contributed by atoms with E-state index in [1.54, 1.807) is 0 Å². The molecule has 0 saturated carbocycles. The number of piperidine rings is 1. The Kier molecular flexibility index (Phi) is 6.35. The van der Waals surface area contributed by atoms with Gasteiger partial charge in [-0.25, -0.2) is 0 Å². The van der Waals surface area contributed by atoms with Crippen LogP contribution in [0.5, 0.6) is 0 Å². The van der Waals surface area contributed by atoms with E-state index in [4.69, 9.17) is 0 Å². The van der Waals surface area contributed by atoms with Gasteiger partial charge in [-0.05, 0) is 44.9 Å². The van der Waals surface area contributed by atoms with Crippen LogP contribution in [0.2, 0.25) is 0 Å². The van der Waals surface area contributed by atoms with Gasteiger partial charge in [0.05, 0.1) is 0 Å². The Hall–Kier alpha value is -0.610. The highest BCUT2D eigenvalue weighted by atomic mass is 16.2. The van der Waals surface area contributed by atoms with Crippen molar-refractivity contribution in [1.82, 2.24) is 14.7 Å². The molecule has 1 amide bonds. The van der Waals surface area contributed by atoms with Crippen LogP contribution in [0.4, 0.5) is 0 Å². The number of nitrogens with zero attached hydrogens (tertiary/aromatic N) is 3. The number of hydrogen-bond donors (Lipinski definition) is 0. The molecule has 0 N–H and O–H groups in total. The zero-order chi connectivity index (χ0) is 18.0. The van der Waals surface area contributed by atoms with Gasteiger partial charge in [-0.1, -0.05) is 20.8 Å². The summed E-state index contributed by atoms with van der Waals surface area (Å²) in [7, 11) is 0. The summed E-state index contributed by atoms with van der Waals surface area (Å²) in [6, 6.07) is 0. The fourth-order valence-corrected chi connectivity index (χ4v) is 3.77. The van der Waals surface area contributed by atoms with E-state index in [1.807, 2.05) is 0 Å². The van der Waals surface area contributed by atoms with Crippen LogP contribution in [0, 0.1) is 11.3 Å². The molecule has 0 spiro atoms. The summed E-state index contributed by atoms with van der Waals surface area (Å²) in [5.74, 6) is 0.938. The first kappa shape index (κ1) is 19.7. The quantitative estimate of drug-likeness (QED) is 0.789. The highest BCUT2D eigenvalue weighted by Gasteiger charge is 2.30. The van der Waals surface area contributed by atoms with Crippen molar-refractivity contribution in [2.24, 2.45) is 11.3 Å². The van der Waals surface area contributed by atoms with Gasteiger partial charge in [0, 0.05) is 57.8 Å². The molecule has 0 aromatic carbocycles. The second-order valence-electron chi connectivity index (χ2n) is 10.0. The third-order valence-corrected chi connectivity index (χ3v) is 5.59. The molecule has 140 valence electrons. The van der Waals surface area contributed by atoms with Crippen LogP contribution in [0.3, 0.4) is 0 Å². The molecule has 1 atom stereocenters. The van der Waals surface area contributed by atoms with Crippen molar-refractivity contribution in [3.63, 3.8) is 0 Å². The molecular formula is C20H39N3O. The van der Waals surface area contributed by atoms with Crippen LogP contribution in [0.15, 0.2) is 0 Å². The van der Waals surface area contributed by atoms with Crippen molar-refractivity contribution in [3.05, 3.63) is 0 Å². The van der Waals surface area contributed by atoms with E-state index >= 15 is 0 Å². The van der Waals surface area contributed by atoms with Gasteiger partial charge in [0.15, 0.2) is 0 Å². The summed E-state index contributed by atoms with van der Waals surface area (Å²) in [5.41, 5.74) is 0.588. The van der Waals surface area contributed by atoms with E-state index in [-0.39, 0.29) is 5.54 Å². The Morgan fingerprint density at radius 2 is 1.58 bits per heavy atom. The van der Waals surface area contributed by atoms with E-state index in [1.165, 1.54) is 6.42 Å². The monoisotopic (exact) mass is 337 g/mol. The van der Waals surface area contributed by atoms with Gasteiger partial charge in [-0.3, -0.25) is 9.69 Å². The van der Waals surface area contributed by atoms with Gasteiger partial charge < -0.3 is 9.80 Å². The normalized spacial score (nSPS) is 25.3. The summed E-state index contributed by atoms with van der Waals surface area (Å²) in [6.07, 6.45) is 3.02. The van der Waals surface area contributed by atoms with Crippen molar-refractivity contribution < 1.29 is 4.79 Å². The predicted molar refractivity (Wildman–Crippen MR) is 101 cm³/mol. The maximum Gasteiger partial charge on any atom is 0.222 e. The molecule has 0 radical (unpaired) electrons. The number of carbonyl (C=O) groups is 1. The summed E-state index contributed by atoms with van der Waals surface area (Å²) < 4.78 is 0. The Balaban J connectivity index is 1.72. The Morgan fingerprint density at radius 1 is 0.958 bits per heavy atom. The van der Waals surface area contributed by atoms with E-state index in [9.17, 15) is 4.79 Å². The van der Waals surface area contributed by atoms with Gasteiger partial charge >= 0.3 is 0 Å². The molecule has 2 rings (SSSR count). The number of carbonyl (C=O) groups excluding carboxylic acids is 1. The summed E-state index contributed by atoms with van der Waals surface area (Å²) in [5, 5.41) is 0. The van der Waals surface area contributed by atoms with Crippen molar-refractivity contribution in [1.29, 1.82) is 0 Å². The van der Waals surface area contributed by atoms with E-state index in [0.29, 0.717) is 17.2 Å². The largest absolute Gasteiger partial charge is 0.343 e. The van der Waals surface area contributed by atoms with Crippen LogP contribution in [-0.4, -0.2) is 72.0 Å². The fraction of sp³-hybridized carbons (Fsp3) is 0.950. The van der Waals surface area contributed by atoms with Gasteiger partial charge in [0.25, 0.3) is 0 Å². The highest BCUT2D eigenvalue weighted by molar-refractivity contribution is 5.77. The van der Waals surface area contributed by atoms with Gasteiger partial charge in [0.1, 0.15) is 0 Å². The molecular weight excluding hydrogens is 298 g/mol. The lowest BCUT2D eigenvalue weighted by molar-refractivity contribution is -0.135. The Morgan fingerprint density at radius 3 is 2.08 bits per heavy atom. The van der Waals surface area contributed by atoms with Gasteiger partial charge in [-0.15, -0.1) is 0 Å². The van der Waals surface area contributed by atoms with E-state index in [0.717, 1.165) is 58.7 Å². The first-order valence-electron chi connectivity index (χ1n) is 9.80. The standard InChI is InChI=1S/C20H39N3O/c1-19(2,3)8-10-22-9-7-17(15-18(22)24)16-21-11-13-23(14-12-21)20(4,5)6/h17H,7-16H2,1-6H3. The molecule has 4 nitrogen and oxygen atoms in total. The van der Waals surface area contributed by atoms with Crippen molar-refractivity contribution in [3.8, 4) is 0 Å². The molecule has 2 heterocycles.